The maximum atomic E-state index is 13.3. The molecule has 37 heavy (non-hydrogen) atoms. The van der Waals surface area contributed by atoms with E-state index in [0.29, 0.717) is 41.9 Å². The monoisotopic (exact) mass is 644 g/mol. The standard InChI is InChI=1S/C27H26BF3IN2O2.K/c1-18-19(14-20(15-26(18)32)28(29,30)31)16-33-10-12-34(13-11-33)27(35)36-17-25-23-8-4-2-6-21(23)22-7-3-5-9-24(22)25;/h2-9,14-15,25H,10-13,16-17H2,1H3;/q-1;+1. The Morgan fingerprint density at radius 3 is 2.11 bits per heavy atom. The second kappa shape index (κ2) is 12.1. The van der Waals surface area contributed by atoms with Gasteiger partial charge in [-0.1, -0.05) is 60.7 Å². The second-order valence-corrected chi connectivity index (χ2v) is 10.6. The molecule has 0 radical (unpaired) electrons. The molecule has 1 heterocycles. The number of ether oxygens (including phenoxy) is 1. The van der Waals surface area contributed by atoms with Crippen LogP contribution in [-0.4, -0.2) is 55.7 Å². The number of hydrogen-bond acceptors (Lipinski definition) is 3. The van der Waals surface area contributed by atoms with Crippen molar-refractivity contribution in [1.29, 1.82) is 0 Å². The van der Waals surface area contributed by atoms with Crippen molar-refractivity contribution in [3.8, 4) is 11.1 Å². The second-order valence-electron chi connectivity index (χ2n) is 9.43. The zero-order valence-corrected chi connectivity index (χ0v) is 26.2. The fourth-order valence-electron chi connectivity index (χ4n) is 5.13. The number of carbonyl (C=O) groups excluding carboxylic acids is 1. The molecule has 1 aliphatic carbocycles. The summed E-state index contributed by atoms with van der Waals surface area (Å²) in [4.78, 5) is 16.6. The maximum Gasteiger partial charge on any atom is 1.00 e. The zero-order valence-electron chi connectivity index (χ0n) is 20.9. The molecule has 0 atom stereocenters. The van der Waals surface area contributed by atoms with Crippen molar-refractivity contribution in [2.75, 3.05) is 32.8 Å². The first-order chi connectivity index (χ1) is 17.2. The molecule has 0 spiro atoms. The first-order valence-electron chi connectivity index (χ1n) is 12.0. The van der Waals surface area contributed by atoms with Crippen LogP contribution < -0.4 is 56.8 Å². The fourth-order valence-corrected chi connectivity index (χ4v) is 5.83. The number of nitrogens with zero attached hydrogens (tertiary/aromatic N) is 2. The molecule has 188 valence electrons. The van der Waals surface area contributed by atoms with Crippen LogP contribution in [-0.2, 0) is 11.3 Å². The van der Waals surface area contributed by atoms with Crippen LogP contribution >= 0.6 is 22.6 Å². The summed E-state index contributed by atoms with van der Waals surface area (Å²) in [7, 11) is 0. The summed E-state index contributed by atoms with van der Waals surface area (Å²) in [5.74, 6) is 0.00981. The molecule has 1 saturated heterocycles. The number of halogens is 4. The summed E-state index contributed by atoms with van der Waals surface area (Å²) in [5, 5.41) is 0. The Bertz CT molecular complexity index is 1250. The first-order valence-corrected chi connectivity index (χ1v) is 13.1. The molecule has 4 nitrogen and oxygen atoms in total. The normalized spacial score (nSPS) is 15.6. The average molecular weight is 644 g/mol. The first kappa shape index (κ1) is 29.1. The van der Waals surface area contributed by atoms with Gasteiger partial charge in [0.1, 0.15) is 6.61 Å². The van der Waals surface area contributed by atoms with Crippen LogP contribution in [0.25, 0.3) is 11.1 Å². The van der Waals surface area contributed by atoms with Gasteiger partial charge in [-0.05, 0) is 62.9 Å². The van der Waals surface area contributed by atoms with Crippen molar-refractivity contribution < 1.29 is 73.9 Å². The zero-order chi connectivity index (χ0) is 25.4. The molecular weight excluding hydrogens is 618 g/mol. The van der Waals surface area contributed by atoms with E-state index in [1.54, 1.807) is 4.90 Å². The van der Waals surface area contributed by atoms with Crippen molar-refractivity contribution >= 4 is 41.1 Å². The topological polar surface area (TPSA) is 32.8 Å². The maximum absolute atomic E-state index is 13.3. The molecule has 2 aliphatic rings. The van der Waals surface area contributed by atoms with Crippen LogP contribution in [0.15, 0.2) is 60.7 Å². The molecular formula is C27H26BF3IKN2O2. The summed E-state index contributed by atoms with van der Waals surface area (Å²) in [5.41, 5.74) is 5.71. The molecule has 0 aromatic heterocycles. The minimum atomic E-state index is -5.04. The summed E-state index contributed by atoms with van der Waals surface area (Å²) in [6.07, 6.45) is -0.344. The van der Waals surface area contributed by atoms with Crippen molar-refractivity contribution in [3.05, 3.63) is 86.5 Å². The number of piperazine rings is 1. The van der Waals surface area contributed by atoms with Crippen LogP contribution in [0.3, 0.4) is 0 Å². The minimum absolute atomic E-state index is 0. The number of carbonyl (C=O) groups is 1. The Morgan fingerprint density at radius 2 is 1.54 bits per heavy atom. The van der Waals surface area contributed by atoms with Gasteiger partial charge in [0.2, 0.25) is 0 Å². The quantitative estimate of drug-likeness (QED) is 0.317. The Hall–Kier alpha value is -0.889. The number of fused-ring (bicyclic) bond motifs is 3. The Kier molecular flexibility index (Phi) is 9.52. The third-order valence-electron chi connectivity index (χ3n) is 7.21. The van der Waals surface area contributed by atoms with Gasteiger partial charge in [0.15, 0.2) is 0 Å². The van der Waals surface area contributed by atoms with Crippen molar-refractivity contribution in [1.82, 2.24) is 9.80 Å². The van der Waals surface area contributed by atoms with Crippen LogP contribution in [0, 0.1) is 10.5 Å². The van der Waals surface area contributed by atoms with Gasteiger partial charge in [-0.3, -0.25) is 4.90 Å². The summed E-state index contributed by atoms with van der Waals surface area (Å²) in [6, 6.07) is 18.9. The van der Waals surface area contributed by atoms with Gasteiger partial charge >= 0.3 is 64.5 Å². The van der Waals surface area contributed by atoms with E-state index in [-0.39, 0.29) is 70.0 Å². The SMILES string of the molecule is Cc1c(I)cc([B-](F)(F)F)cc1CN1CCN(C(=O)OCC2c3ccccc3-c3ccccc32)CC1.[K+]. The van der Waals surface area contributed by atoms with Crippen LogP contribution in [0.4, 0.5) is 17.7 Å². The van der Waals surface area contributed by atoms with E-state index in [4.69, 9.17) is 4.74 Å². The predicted molar refractivity (Wildman–Crippen MR) is 145 cm³/mol. The van der Waals surface area contributed by atoms with Crippen molar-refractivity contribution in [2.45, 2.75) is 19.4 Å². The van der Waals surface area contributed by atoms with Crippen LogP contribution in [0.2, 0.25) is 0 Å². The molecule has 1 amide bonds. The molecule has 0 unspecified atom stereocenters. The molecule has 10 heteroatoms. The van der Waals surface area contributed by atoms with E-state index < -0.39 is 12.4 Å². The number of hydrogen-bond donors (Lipinski definition) is 0. The van der Waals surface area contributed by atoms with E-state index >= 15 is 0 Å². The number of rotatable bonds is 5. The summed E-state index contributed by atoms with van der Waals surface area (Å²) in [6.45, 7) is -0.347. The van der Waals surface area contributed by atoms with Crippen molar-refractivity contribution in [3.63, 3.8) is 0 Å². The van der Waals surface area contributed by atoms with Gasteiger partial charge in [-0.25, -0.2) is 4.79 Å². The number of benzene rings is 3. The van der Waals surface area contributed by atoms with Gasteiger partial charge in [-0.2, -0.15) is 0 Å². The number of amides is 1. The Balaban J connectivity index is 0.00000320. The smallest absolute Gasteiger partial charge is 0.448 e. The summed E-state index contributed by atoms with van der Waals surface area (Å²) < 4.78 is 46.4. The van der Waals surface area contributed by atoms with Crippen molar-refractivity contribution in [2.24, 2.45) is 0 Å². The molecule has 5 rings (SSSR count). The molecule has 0 saturated carbocycles. The van der Waals surface area contributed by atoms with E-state index in [0.717, 1.165) is 5.56 Å². The molecule has 0 N–H and O–H groups in total. The largest absolute Gasteiger partial charge is 1.00 e. The van der Waals surface area contributed by atoms with Gasteiger partial charge < -0.3 is 22.6 Å². The predicted octanol–water partition coefficient (Wildman–Crippen LogP) is 2.72. The van der Waals surface area contributed by atoms with E-state index in [9.17, 15) is 17.7 Å². The third kappa shape index (κ3) is 6.31. The molecule has 1 aliphatic heterocycles. The Labute approximate surface area is 271 Å². The van der Waals surface area contributed by atoms with Crippen LogP contribution in [0.1, 0.15) is 28.2 Å². The van der Waals surface area contributed by atoms with Crippen LogP contribution in [0.5, 0.6) is 0 Å². The molecule has 1 fully saturated rings. The molecule has 3 aromatic rings. The minimum Gasteiger partial charge on any atom is -0.448 e. The average Bonchev–Trinajstić information content (AvgIpc) is 3.19. The van der Waals surface area contributed by atoms with Gasteiger partial charge in [0.25, 0.3) is 0 Å². The fraction of sp³-hybridized carbons (Fsp3) is 0.296. The molecule has 0 bridgehead atoms. The van der Waals surface area contributed by atoms with E-state index in [2.05, 4.69) is 29.2 Å². The third-order valence-corrected chi connectivity index (χ3v) is 8.33. The van der Waals surface area contributed by atoms with E-state index in [1.165, 1.54) is 34.4 Å². The van der Waals surface area contributed by atoms with Gasteiger partial charge in [-0.15, -0.1) is 5.46 Å². The summed E-state index contributed by atoms with van der Waals surface area (Å²) >= 11 is 1.97. The van der Waals surface area contributed by atoms with E-state index in [1.807, 2.05) is 53.8 Å². The Morgan fingerprint density at radius 1 is 0.973 bits per heavy atom. The molecule has 3 aromatic carbocycles. The van der Waals surface area contributed by atoms with Gasteiger partial charge in [0, 0.05) is 42.2 Å². The van der Waals surface area contributed by atoms with Gasteiger partial charge in [0.05, 0.1) is 0 Å².